The smallest absolute Gasteiger partial charge is 0.252 e. The minimum absolute atomic E-state index is 0.194. The van der Waals surface area contributed by atoms with Gasteiger partial charge in [0.15, 0.2) is 0 Å². The number of anilines is 6. The van der Waals surface area contributed by atoms with Gasteiger partial charge in [-0.05, 0) is 56.6 Å². The van der Waals surface area contributed by atoms with Crippen molar-refractivity contribution in [3.63, 3.8) is 0 Å². The molecule has 0 saturated carbocycles. The van der Waals surface area contributed by atoms with Crippen LogP contribution in [-0.4, -0.2) is 34.6 Å². The van der Waals surface area contributed by atoms with E-state index in [2.05, 4.69) is 140 Å². The molecule has 1 atom stereocenters. The van der Waals surface area contributed by atoms with E-state index in [-0.39, 0.29) is 19.3 Å². The maximum atomic E-state index is 2.50. The van der Waals surface area contributed by atoms with Gasteiger partial charge in [0.25, 0.3) is 6.71 Å². The average molecular weight is 513 g/mol. The third-order valence-electron chi connectivity index (χ3n) is 10.2. The SMILES string of the molecule is CC1c2ccccc2B2c3ccccc3N(C)c3c2c1c1c2c3N(C)c3ccccc3B2c2ccccc2N1C. The van der Waals surface area contributed by atoms with Gasteiger partial charge in [-0.2, -0.15) is 0 Å². The highest BCUT2D eigenvalue weighted by Gasteiger charge is 2.50. The van der Waals surface area contributed by atoms with E-state index in [1.54, 1.807) is 0 Å². The molecule has 1 unspecified atom stereocenters. The molecule has 5 aromatic carbocycles. The van der Waals surface area contributed by atoms with Crippen molar-refractivity contribution < 1.29 is 0 Å². The number of para-hydroxylation sites is 3. The lowest BCUT2D eigenvalue weighted by Gasteiger charge is -2.50. The fourth-order valence-electron chi connectivity index (χ4n) is 8.57. The summed E-state index contributed by atoms with van der Waals surface area (Å²) in [5.41, 5.74) is 19.6. The molecule has 0 saturated heterocycles. The van der Waals surface area contributed by atoms with Crippen molar-refractivity contribution in [2.45, 2.75) is 12.8 Å². The Kier molecular flexibility index (Phi) is 4.28. The summed E-state index contributed by atoms with van der Waals surface area (Å²) in [6.07, 6.45) is 0. The Morgan fingerprint density at radius 1 is 0.475 bits per heavy atom. The van der Waals surface area contributed by atoms with Gasteiger partial charge in [-0.3, -0.25) is 0 Å². The van der Waals surface area contributed by atoms with Crippen LogP contribution in [-0.2, 0) is 0 Å². The van der Waals surface area contributed by atoms with Crippen molar-refractivity contribution in [2.75, 3.05) is 35.8 Å². The van der Waals surface area contributed by atoms with Crippen molar-refractivity contribution in [3.05, 3.63) is 108 Å². The van der Waals surface area contributed by atoms with E-state index in [0.717, 1.165) is 0 Å². The van der Waals surface area contributed by atoms with Gasteiger partial charge in [-0.1, -0.05) is 91.2 Å². The normalized spacial score (nSPS) is 17.0. The molecule has 0 amide bonds. The second kappa shape index (κ2) is 7.63. The first-order valence-electron chi connectivity index (χ1n) is 14.4. The summed E-state index contributed by atoms with van der Waals surface area (Å²) in [5, 5.41) is 0. The van der Waals surface area contributed by atoms with E-state index >= 15 is 0 Å². The summed E-state index contributed by atoms with van der Waals surface area (Å²) >= 11 is 0. The monoisotopic (exact) mass is 513 g/mol. The van der Waals surface area contributed by atoms with Crippen LogP contribution in [0.1, 0.15) is 24.0 Å². The molecule has 40 heavy (non-hydrogen) atoms. The predicted octanol–water partition coefficient (Wildman–Crippen LogP) is 3.43. The molecule has 9 rings (SSSR count). The summed E-state index contributed by atoms with van der Waals surface area (Å²) < 4.78 is 0. The van der Waals surface area contributed by atoms with Crippen LogP contribution in [0.15, 0.2) is 97.1 Å². The van der Waals surface area contributed by atoms with Gasteiger partial charge in [0.05, 0.1) is 11.4 Å². The van der Waals surface area contributed by atoms with Crippen LogP contribution in [0.5, 0.6) is 0 Å². The lowest BCUT2D eigenvalue weighted by atomic mass is 9.29. The standard InChI is InChI=1S/C35H29B2N3/c1-21-22-13-5-6-14-23(22)36-24-15-7-11-19-28(24)39(3)34-31(36)30(21)33-32-35(34)40(4)29-20-12-9-17-26(29)37(32)25-16-8-10-18-27(25)38(33)2/h5-21H,1-4H3. The minimum atomic E-state index is 0.194. The Morgan fingerprint density at radius 2 is 0.875 bits per heavy atom. The zero-order valence-corrected chi connectivity index (χ0v) is 23.3. The first-order chi connectivity index (χ1) is 19.6. The Labute approximate surface area is 236 Å². The number of hydrogen-bond acceptors (Lipinski definition) is 3. The van der Waals surface area contributed by atoms with E-state index in [9.17, 15) is 0 Å². The van der Waals surface area contributed by atoms with Crippen LogP contribution in [0, 0.1) is 0 Å². The number of hydrogen-bond donors (Lipinski definition) is 0. The second-order valence-electron chi connectivity index (χ2n) is 11.9. The Hall–Kier alpha value is -4.37. The molecule has 4 heterocycles. The molecular weight excluding hydrogens is 484 g/mol. The third-order valence-corrected chi connectivity index (χ3v) is 10.2. The summed E-state index contributed by atoms with van der Waals surface area (Å²) in [4.78, 5) is 7.47. The molecular formula is C35H29B2N3. The summed E-state index contributed by atoms with van der Waals surface area (Å²) in [6, 6.07) is 36.3. The number of benzene rings is 5. The number of rotatable bonds is 0. The molecule has 5 heteroatoms. The quantitative estimate of drug-likeness (QED) is 0.294. The van der Waals surface area contributed by atoms with E-state index in [1.807, 2.05) is 0 Å². The molecule has 0 radical (unpaired) electrons. The van der Waals surface area contributed by atoms with Gasteiger partial charge in [-0.15, -0.1) is 0 Å². The third kappa shape index (κ3) is 2.50. The molecule has 0 fully saturated rings. The highest BCUT2D eigenvalue weighted by Crippen LogP contribution is 2.48. The van der Waals surface area contributed by atoms with E-state index in [4.69, 9.17) is 0 Å². The van der Waals surface area contributed by atoms with Crippen LogP contribution in [0.2, 0.25) is 0 Å². The van der Waals surface area contributed by atoms with Crippen molar-refractivity contribution in [1.82, 2.24) is 0 Å². The molecule has 3 nitrogen and oxygen atoms in total. The zero-order valence-electron chi connectivity index (χ0n) is 23.3. The Morgan fingerprint density at radius 3 is 1.43 bits per heavy atom. The highest BCUT2D eigenvalue weighted by molar-refractivity contribution is 7.02. The second-order valence-corrected chi connectivity index (χ2v) is 11.9. The van der Waals surface area contributed by atoms with E-state index in [0.29, 0.717) is 0 Å². The maximum absolute atomic E-state index is 2.50. The molecule has 0 aliphatic carbocycles. The van der Waals surface area contributed by atoms with Crippen molar-refractivity contribution in [3.8, 4) is 0 Å². The molecule has 190 valence electrons. The topological polar surface area (TPSA) is 9.72 Å². The summed E-state index contributed by atoms with van der Waals surface area (Å²) in [6.45, 7) is 2.83. The maximum Gasteiger partial charge on any atom is 0.252 e. The van der Waals surface area contributed by atoms with Crippen LogP contribution in [0.3, 0.4) is 0 Å². The van der Waals surface area contributed by atoms with E-state index in [1.165, 1.54) is 78.0 Å². The van der Waals surface area contributed by atoms with Crippen LogP contribution < -0.4 is 47.5 Å². The minimum Gasteiger partial charge on any atom is -0.345 e. The van der Waals surface area contributed by atoms with Crippen molar-refractivity contribution >= 4 is 80.3 Å². The van der Waals surface area contributed by atoms with Gasteiger partial charge >= 0.3 is 0 Å². The van der Waals surface area contributed by atoms with Crippen molar-refractivity contribution in [1.29, 1.82) is 0 Å². The highest BCUT2D eigenvalue weighted by atomic mass is 15.2. The first kappa shape index (κ1) is 22.4. The van der Waals surface area contributed by atoms with Gasteiger partial charge in [-0.25, -0.2) is 0 Å². The van der Waals surface area contributed by atoms with Gasteiger partial charge < -0.3 is 14.7 Å². The van der Waals surface area contributed by atoms with Crippen LogP contribution in [0.4, 0.5) is 34.1 Å². The summed E-state index contributed by atoms with van der Waals surface area (Å²) in [5.74, 6) is 0.288. The van der Waals surface area contributed by atoms with Crippen molar-refractivity contribution in [2.24, 2.45) is 0 Å². The Balaban J connectivity index is 1.50. The molecule has 5 aromatic rings. The molecule has 4 aliphatic heterocycles. The Bertz CT molecular complexity index is 1640. The first-order valence-corrected chi connectivity index (χ1v) is 14.4. The lowest BCUT2D eigenvalue weighted by molar-refractivity contribution is 0.921. The van der Waals surface area contributed by atoms with Crippen LogP contribution >= 0.6 is 0 Å². The number of nitrogens with zero attached hydrogens (tertiary/aromatic N) is 3. The van der Waals surface area contributed by atoms with E-state index < -0.39 is 0 Å². The fraction of sp³-hybridized carbons (Fsp3) is 0.143. The van der Waals surface area contributed by atoms with Gasteiger partial charge in [0.1, 0.15) is 0 Å². The van der Waals surface area contributed by atoms with Crippen LogP contribution in [0.25, 0.3) is 0 Å². The fourth-order valence-corrected chi connectivity index (χ4v) is 8.57. The van der Waals surface area contributed by atoms with Gasteiger partial charge in [0, 0.05) is 49.8 Å². The average Bonchev–Trinajstić information content (AvgIpc) is 3.00. The molecule has 4 aliphatic rings. The lowest BCUT2D eigenvalue weighted by Crippen LogP contribution is -2.67. The molecule has 0 bridgehead atoms. The largest absolute Gasteiger partial charge is 0.345 e. The summed E-state index contributed by atoms with van der Waals surface area (Å²) in [7, 11) is 6.84. The number of fused-ring (bicyclic) bond motifs is 10. The predicted molar refractivity (Wildman–Crippen MR) is 173 cm³/mol. The molecule has 0 N–H and O–H groups in total. The zero-order chi connectivity index (χ0) is 26.9. The van der Waals surface area contributed by atoms with Gasteiger partial charge in [0.2, 0.25) is 6.71 Å². The molecule has 0 aromatic heterocycles. The molecule has 0 spiro atoms.